The van der Waals surface area contributed by atoms with Gasteiger partial charge in [-0.25, -0.2) is 8.96 Å². The zero-order chi connectivity index (χ0) is 16.7. The molecule has 124 valence electrons. The van der Waals surface area contributed by atoms with Gasteiger partial charge in [0.15, 0.2) is 17.9 Å². The fourth-order valence-corrected chi connectivity index (χ4v) is 3.14. The van der Waals surface area contributed by atoms with Crippen LogP contribution in [-0.2, 0) is 6.42 Å². The Hall–Kier alpha value is -1.61. The zero-order valence-electron chi connectivity index (χ0n) is 11.8. The largest absolute Gasteiger partial charge is 0.417 e. The minimum absolute atomic E-state index is 0.109. The molecule has 0 aromatic carbocycles. The van der Waals surface area contributed by atoms with E-state index in [1.165, 1.54) is 6.20 Å². The molecular formula is C14H13F4N3OS. The first-order valence-corrected chi connectivity index (χ1v) is 7.55. The lowest BCUT2D eigenvalue weighted by Gasteiger charge is -2.43. The highest BCUT2D eigenvalue weighted by atomic mass is 32.2. The number of rotatable bonds is 4. The van der Waals surface area contributed by atoms with Gasteiger partial charge >= 0.3 is 6.18 Å². The molecule has 2 heterocycles. The van der Waals surface area contributed by atoms with Crippen LogP contribution in [0.4, 0.5) is 17.1 Å². The molecule has 0 bridgehead atoms. The summed E-state index contributed by atoms with van der Waals surface area (Å²) >= 11 is -0.109. The molecule has 2 aromatic rings. The topological polar surface area (TPSA) is 50.9 Å². The van der Waals surface area contributed by atoms with Crippen LogP contribution in [0.2, 0.25) is 0 Å². The van der Waals surface area contributed by atoms with Crippen LogP contribution in [0.5, 0.6) is 0 Å². The second kappa shape index (κ2) is 5.79. The molecular weight excluding hydrogens is 334 g/mol. The molecule has 4 nitrogen and oxygen atoms in total. The fourth-order valence-electron chi connectivity index (χ4n) is 2.72. The average Bonchev–Trinajstić information content (AvgIpc) is 2.86. The quantitative estimate of drug-likeness (QED) is 0.861. The van der Waals surface area contributed by atoms with Crippen LogP contribution >= 0.6 is 12.3 Å². The molecule has 3 rings (SSSR count). The van der Waals surface area contributed by atoms with Gasteiger partial charge in [-0.1, -0.05) is 0 Å². The second-order valence-corrected chi connectivity index (χ2v) is 6.18. The minimum atomic E-state index is -4.68. The van der Waals surface area contributed by atoms with E-state index < -0.39 is 30.5 Å². The van der Waals surface area contributed by atoms with Crippen LogP contribution in [0.25, 0.3) is 0 Å². The third-order valence-electron chi connectivity index (χ3n) is 4.02. The van der Waals surface area contributed by atoms with Crippen molar-refractivity contribution in [1.29, 1.82) is 0 Å². The monoisotopic (exact) mass is 347 g/mol. The minimum Gasteiger partial charge on any atom is -0.380 e. The average molecular weight is 347 g/mol. The van der Waals surface area contributed by atoms with E-state index in [4.69, 9.17) is 0 Å². The van der Waals surface area contributed by atoms with E-state index in [2.05, 4.69) is 9.97 Å². The Morgan fingerprint density at radius 2 is 1.96 bits per heavy atom. The highest BCUT2D eigenvalue weighted by Crippen LogP contribution is 2.52. The van der Waals surface area contributed by atoms with E-state index in [1.807, 2.05) is 0 Å². The molecule has 23 heavy (non-hydrogen) atoms. The summed E-state index contributed by atoms with van der Waals surface area (Å²) < 4.78 is 52.2. The van der Waals surface area contributed by atoms with Crippen LogP contribution in [-0.4, -0.2) is 30.8 Å². The van der Waals surface area contributed by atoms with Gasteiger partial charge in [0, 0.05) is 30.9 Å². The second-order valence-electron chi connectivity index (χ2n) is 5.65. The molecule has 0 saturated heterocycles. The highest BCUT2D eigenvalue weighted by Gasteiger charge is 2.62. The summed E-state index contributed by atoms with van der Waals surface area (Å²) in [6, 6.07) is 3.57. The van der Waals surface area contributed by atoms with Crippen LogP contribution in [0, 0.1) is 0 Å². The van der Waals surface area contributed by atoms with Crippen molar-refractivity contribution in [2.75, 3.05) is 0 Å². The molecule has 0 amide bonds. The Balaban J connectivity index is 1.76. The Labute approximate surface area is 134 Å². The first-order valence-electron chi connectivity index (χ1n) is 6.87. The summed E-state index contributed by atoms with van der Waals surface area (Å²) in [4.78, 5) is 8.14. The van der Waals surface area contributed by atoms with Gasteiger partial charge in [-0.15, -0.1) is 3.89 Å². The maximum Gasteiger partial charge on any atom is 0.417 e. The van der Waals surface area contributed by atoms with Gasteiger partial charge < -0.3 is 5.11 Å². The van der Waals surface area contributed by atoms with Crippen LogP contribution in [0.3, 0.4) is 0 Å². The number of hydrogen-bond donors (Lipinski definition) is 1. The van der Waals surface area contributed by atoms with Gasteiger partial charge in [-0.05, 0) is 30.5 Å². The molecule has 0 aliphatic heterocycles. The SMILES string of the molecule is OC1(C(F)(F)F)CC(c2nc(Cc3ccncc3)cn2SF)C1. The van der Waals surface area contributed by atoms with Crippen molar-refractivity contribution in [2.45, 2.75) is 37.0 Å². The Morgan fingerprint density at radius 1 is 1.30 bits per heavy atom. The van der Waals surface area contributed by atoms with Crippen molar-refractivity contribution in [3.63, 3.8) is 0 Å². The Morgan fingerprint density at radius 3 is 2.52 bits per heavy atom. The van der Waals surface area contributed by atoms with E-state index in [-0.39, 0.29) is 18.2 Å². The molecule has 1 aliphatic carbocycles. The number of nitrogens with zero attached hydrogens (tertiary/aromatic N) is 3. The standard InChI is InChI=1S/C14H13F4N3OS/c15-14(16,17)13(22)6-10(7-13)12-20-11(8-21(12)23-18)5-9-1-3-19-4-2-9/h1-4,8,10,22H,5-7H2. The lowest BCUT2D eigenvalue weighted by atomic mass is 9.70. The maximum absolute atomic E-state index is 13.0. The third-order valence-corrected chi connectivity index (χ3v) is 4.46. The van der Waals surface area contributed by atoms with Gasteiger partial charge in [0.05, 0.1) is 5.69 Å². The molecule has 9 heteroatoms. The molecule has 0 atom stereocenters. The molecule has 0 unspecified atom stereocenters. The molecule has 1 saturated carbocycles. The summed E-state index contributed by atoms with van der Waals surface area (Å²) in [7, 11) is 0. The van der Waals surface area contributed by atoms with E-state index in [1.54, 1.807) is 24.5 Å². The first-order chi connectivity index (χ1) is 10.8. The van der Waals surface area contributed by atoms with E-state index in [0.717, 1.165) is 9.54 Å². The van der Waals surface area contributed by atoms with E-state index >= 15 is 0 Å². The predicted octanol–water partition coefficient (Wildman–Crippen LogP) is 3.42. The predicted molar refractivity (Wildman–Crippen MR) is 76.3 cm³/mol. The smallest absolute Gasteiger partial charge is 0.380 e. The van der Waals surface area contributed by atoms with Crippen LogP contribution in [0.1, 0.15) is 35.8 Å². The third kappa shape index (κ3) is 3.07. The van der Waals surface area contributed by atoms with Crippen molar-refractivity contribution in [3.05, 3.63) is 47.8 Å². The van der Waals surface area contributed by atoms with Gasteiger partial charge in [-0.2, -0.15) is 13.2 Å². The number of halogens is 4. The van der Waals surface area contributed by atoms with Gasteiger partial charge in [0.1, 0.15) is 5.82 Å². The molecule has 2 aromatic heterocycles. The van der Waals surface area contributed by atoms with Crippen molar-refractivity contribution in [2.24, 2.45) is 0 Å². The molecule has 0 spiro atoms. The maximum atomic E-state index is 13.0. The summed E-state index contributed by atoms with van der Waals surface area (Å²) in [5.41, 5.74) is -1.22. The number of aromatic nitrogens is 3. The number of alkyl halides is 3. The van der Waals surface area contributed by atoms with E-state index in [0.29, 0.717) is 12.1 Å². The molecule has 1 fully saturated rings. The van der Waals surface area contributed by atoms with Gasteiger partial charge in [0.25, 0.3) is 0 Å². The number of pyridine rings is 1. The van der Waals surface area contributed by atoms with Crippen molar-refractivity contribution < 1.29 is 22.2 Å². The van der Waals surface area contributed by atoms with Gasteiger partial charge in [-0.3, -0.25) is 4.98 Å². The lowest BCUT2D eigenvalue weighted by molar-refractivity contribution is -0.291. The van der Waals surface area contributed by atoms with Crippen LogP contribution < -0.4 is 0 Å². The summed E-state index contributed by atoms with van der Waals surface area (Å²) in [6.45, 7) is 0. The molecule has 0 radical (unpaired) electrons. The summed E-state index contributed by atoms with van der Waals surface area (Å²) in [5.74, 6) is -0.397. The number of aliphatic hydroxyl groups is 1. The summed E-state index contributed by atoms with van der Waals surface area (Å²) in [6.07, 6.45) is -0.543. The van der Waals surface area contributed by atoms with Crippen molar-refractivity contribution in [3.8, 4) is 0 Å². The lowest BCUT2D eigenvalue weighted by Crippen LogP contribution is -2.54. The fraction of sp³-hybridized carbons (Fsp3) is 0.429. The van der Waals surface area contributed by atoms with Gasteiger partial charge in [0.2, 0.25) is 0 Å². The number of imidazole rings is 1. The summed E-state index contributed by atoms with van der Waals surface area (Å²) in [5, 5.41) is 9.51. The Bertz CT molecular complexity index is 683. The van der Waals surface area contributed by atoms with Crippen molar-refractivity contribution >= 4 is 12.3 Å². The first kappa shape index (κ1) is 16.3. The Kier molecular flexibility index (Phi) is 4.09. The zero-order valence-corrected chi connectivity index (χ0v) is 12.6. The normalized spacial score (nSPS) is 24.5. The highest BCUT2D eigenvalue weighted by molar-refractivity contribution is 7.92. The number of hydrogen-bond acceptors (Lipinski definition) is 4. The van der Waals surface area contributed by atoms with E-state index in [9.17, 15) is 22.2 Å². The van der Waals surface area contributed by atoms with Crippen molar-refractivity contribution in [1.82, 2.24) is 13.9 Å². The molecule has 1 aliphatic rings. The van der Waals surface area contributed by atoms with Crippen LogP contribution in [0.15, 0.2) is 30.7 Å². The molecule has 1 N–H and O–H groups in total.